The molecule has 9 heteroatoms. The van der Waals surface area contributed by atoms with Crippen molar-refractivity contribution in [2.45, 2.75) is 70.4 Å². The number of hydrogen-bond donors (Lipinski definition) is 3. The number of aryl methyl sites for hydroxylation is 1. The first-order chi connectivity index (χ1) is 17.4. The summed E-state index contributed by atoms with van der Waals surface area (Å²) in [5.41, 5.74) is 2.20. The van der Waals surface area contributed by atoms with E-state index < -0.39 is 11.5 Å². The maximum atomic E-state index is 13.6. The maximum Gasteiger partial charge on any atom is 0.270 e. The van der Waals surface area contributed by atoms with E-state index in [-0.39, 0.29) is 23.6 Å². The highest BCUT2D eigenvalue weighted by Crippen LogP contribution is 2.45. The van der Waals surface area contributed by atoms with Crippen LogP contribution in [0.5, 0.6) is 0 Å². The predicted octanol–water partition coefficient (Wildman–Crippen LogP) is 3.47. The fourth-order valence-corrected chi connectivity index (χ4v) is 5.95. The Kier molecular flexibility index (Phi) is 6.83. The molecule has 3 N–H and O–H groups in total. The maximum absolute atomic E-state index is 13.6. The van der Waals surface area contributed by atoms with Gasteiger partial charge in [0.2, 0.25) is 11.8 Å². The zero-order chi connectivity index (χ0) is 25.3. The molecule has 1 saturated carbocycles. The van der Waals surface area contributed by atoms with Crippen LogP contribution < -0.4 is 16.0 Å². The number of ether oxygens (including phenoxy) is 1. The molecule has 1 aromatic heterocycles. The van der Waals surface area contributed by atoms with Crippen LogP contribution in [0.25, 0.3) is 0 Å². The Labute approximate surface area is 211 Å². The van der Waals surface area contributed by atoms with Crippen molar-refractivity contribution >= 4 is 29.1 Å². The highest BCUT2D eigenvalue weighted by molar-refractivity contribution is 6.07. The number of aromatic nitrogens is 2. The first-order valence-electron chi connectivity index (χ1n) is 13.1. The molecule has 2 aliphatic heterocycles. The monoisotopic (exact) mass is 493 g/mol. The first-order valence-corrected chi connectivity index (χ1v) is 13.1. The number of hydrogen-bond acceptors (Lipinski definition) is 5. The standard InChI is InChI=1S/C27H35N5O4/c1-3-32-22(10-13-28-32)24(33)31-23(18-6-4-17(2)5-7-18)25(34)29-19-8-9-20-21(16-19)30-26(35)27(20)11-14-36-15-12-27/h8-10,13,16-18,23H,3-7,11-12,14-15H2,1-2H3,(H,29,34)(H,30,35)(H,31,33). The van der Waals surface area contributed by atoms with Crippen molar-refractivity contribution in [2.24, 2.45) is 11.8 Å². The Morgan fingerprint density at radius 1 is 1.19 bits per heavy atom. The second-order valence-corrected chi connectivity index (χ2v) is 10.4. The Balaban J connectivity index is 1.35. The SMILES string of the molecule is CCn1nccc1C(=O)NC(C(=O)Nc1ccc2c(c1)NC(=O)C21CCOCC1)C1CCC(C)CC1. The van der Waals surface area contributed by atoms with Gasteiger partial charge < -0.3 is 20.7 Å². The van der Waals surface area contributed by atoms with E-state index in [1.807, 2.05) is 25.1 Å². The number of rotatable bonds is 6. The summed E-state index contributed by atoms with van der Waals surface area (Å²) in [5.74, 6) is 0.146. The molecule has 0 radical (unpaired) electrons. The van der Waals surface area contributed by atoms with Gasteiger partial charge in [-0.05, 0) is 68.2 Å². The van der Waals surface area contributed by atoms with Gasteiger partial charge in [0, 0.05) is 37.3 Å². The molecule has 1 aromatic carbocycles. The number of anilines is 2. The summed E-state index contributed by atoms with van der Waals surface area (Å²) in [6.07, 6.45) is 6.75. The normalized spacial score (nSPS) is 23.6. The molecule has 0 bridgehead atoms. The van der Waals surface area contributed by atoms with Crippen LogP contribution in [-0.4, -0.2) is 46.8 Å². The Hall–Kier alpha value is -3.20. The summed E-state index contributed by atoms with van der Waals surface area (Å²) in [4.78, 5) is 39.5. The van der Waals surface area contributed by atoms with Gasteiger partial charge >= 0.3 is 0 Å². The Morgan fingerprint density at radius 3 is 2.67 bits per heavy atom. The number of carbonyl (C=O) groups is 3. The van der Waals surface area contributed by atoms with E-state index in [0.717, 1.165) is 36.9 Å². The second-order valence-electron chi connectivity index (χ2n) is 10.4. The lowest BCUT2D eigenvalue weighted by Crippen LogP contribution is -2.49. The molecule has 2 aromatic rings. The molecule has 1 spiro atoms. The molecule has 3 aliphatic rings. The third-order valence-corrected chi connectivity index (χ3v) is 8.18. The summed E-state index contributed by atoms with van der Waals surface area (Å²) in [5, 5.41) is 13.2. The molecule has 1 unspecified atom stereocenters. The molecule has 3 amide bonds. The van der Waals surface area contributed by atoms with Crippen LogP contribution in [0.2, 0.25) is 0 Å². The second kappa shape index (κ2) is 10.0. The van der Waals surface area contributed by atoms with E-state index in [4.69, 9.17) is 4.74 Å². The van der Waals surface area contributed by atoms with E-state index >= 15 is 0 Å². The van der Waals surface area contributed by atoms with E-state index in [2.05, 4.69) is 28.0 Å². The molecular formula is C27H35N5O4. The molecule has 5 rings (SSSR count). The average Bonchev–Trinajstić information content (AvgIpc) is 3.46. The number of fused-ring (bicyclic) bond motifs is 2. The van der Waals surface area contributed by atoms with Crippen molar-refractivity contribution in [1.82, 2.24) is 15.1 Å². The third kappa shape index (κ3) is 4.52. The summed E-state index contributed by atoms with van der Waals surface area (Å²) in [6, 6.07) is 6.62. The molecule has 2 fully saturated rings. The predicted molar refractivity (Wildman–Crippen MR) is 136 cm³/mol. The summed E-state index contributed by atoms with van der Waals surface area (Å²) in [6.45, 7) is 5.84. The Bertz CT molecular complexity index is 1140. The molecule has 1 atom stereocenters. The highest BCUT2D eigenvalue weighted by atomic mass is 16.5. The van der Waals surface area contributed by atoms with Gasteiger partial charge in [0.1, 0.15) is 11.7 Å². The van der Waals surface area contributed by atoms with Crippen molar-refractivity contribution in [3.63, 3.8) is 0 Å². The summed E-state index contributed by atoms with van der Waals surface area (Å²) >= 11 is 0. The highest BCUT2D eigenvalue weighted by Gasteiger charge is 2.47. The zero-order valence-electron chi connectivity index (χ0n) is 21.0. The van der Waals surface area contributed by atoms with Gasteiger partial charge in [-0.25, -0.2) is 0 Å². The van der Waals surface area contributed by atoms with Gasteiger partial charge in [-0.3, -0.25) is 19.1 Å². The first kappa shape index (κ1) is 24.5. The van der Waals surface area contributed by atoms with Gasteiger partial charge in [-0.1, -0.05) is 25.8 Å². The van der Waals surface area contributed by atoms with Crippen LogP contribution in [0.1, 0.15) is 68.4 Å². The fourth-order valence-electron chi connectivity index (χ4n) is 5.95. The van der Waals surface area contributed by atoms with Gasteiger partial charge in [-0.15, -0.1) is 0 Å². The average molecular weight is 494 g/mol. The van der Waals surface area contributed by atoms with Crippen molar-refractivity contribution in [3.05, 3.63) is 41.7 Å². The van der Waals surface area contributed by atoms with E-state index in [1.54, 1.807) is 16.9 Å². The Morgan fingerprint density at radius 2 is 1.94 bits per heavy atom. The van der Waals surface area contributed by atoms with Crippen LogP contribution in [0.4, 0.5) is 11.4 Å². The minimum absolute atomic E-state index is 0.00159. The fraction of sp³-hybridized carbons (Fsp3) is 0.556. The molecule has 1 aliphatic carbocycles. The minimum Gasteiger partial charge on any atom is -0.381 e. The third-order valence-electron chi connectivity index (χ3n) is 8.18. The molecular weight excluding hydrogens is 458 g/mol. The van der Waals surface area contributed by atoms with Crippen molar-refractivity contribution in [1.29, 1.82) is 0 Å². The van der Waals surface area contributed by atoms with Crippen molar-refractivity contribution < 1.29 is 19.1 Å². The molecule has 192 valence electrons. The smallest absolute Gasteiger partial charge is 0.270 e. The summed E-state index contributed by atoms with van der Waals surface area (Å²) < 4.78 is 7.11. The van der Waals surface area contributed by atoms with Crippen LogP contribution in [-0.2, 0) is 26.3 Å². The molecule has 3 heterocycles. The lowest BCUT2D eigenvalue weighted by Gasteiger charge is -2.32. The van der Waals surface area contributed by atoms with E-state index in [1.165, 1.54) is 0 Å². The summed E-state index contributed by atoms with van der Waals surface area (Å²) in [7, 11) is 0. The van der Waals surface area contributed by atoms with Crippen LogP contribution in [0.3, 0.4) is 0 Å². The topological polar surface area (TPSA) is 114 Å². The van der Waals surface area contributed by atoms with E-state index in [9.17, 15) is 14.4 Å². The van der Waals surface area contributed by atoms with Gasteiger partial charge in [0.25, 0.3) is 5.91 Å². The quantitative estimate of drug-likeness (QED) is 0.570. The lowest BCUT2D eigenvalue weighted by atomic mass is 9.75. The lowest BCUT2D eigenvalue weighted by molar-refractivity contribution is -0.124. The number of nitrogens with zero attached hydrogens (tertiary/aromatic N) is 2. The molecule has 1 saturated heterocycles. The molecule has 36 heavy (non-hydrogen) atoms. The number of nitrogens with one attached hydrogen (secondary N) is 3. The van der Waals surface area contributed by atoms with Crippen LogP contribution >= 0.6 is 0 Å². The number of benzene rings is 1. The van der Waals surface area contributed by atoms with Gasteiger partial charge in [0.15, 0.2) is 0 Å². The zero-order valence-corrected chi connectivity index (χ0v) is 21.0. The number of amides is 3. The largest absolute Gasteiger partial charge is 0.381 e. The van der Waals surface area contributed by atoms with Gasteiger partial charge in [-0.2, -0.15) is 5.10 Å². The van der Waals surface area contributed by atoms with Crippen LogP contribution in [0, 0.1) is 11.8 Å². The molecule has 9 nitrogen and oxygen atoms in total. The van der Waals surface area contributed by atoms with Crippen LogP contribution in [0.15, 0.2) is 30.5 Å². The van der Waals surface area contributed by atoms with E-state index in [0.29, 0.717) is 49.9 Å². The minimum atomic E-state index is -0.658. The number of carbonyl (C=O) groups excluding carboxylic acids is 3. The van der Waals surface area contributed by atoms with Gasteiger partial charge in [0.05, 0.1) is 5.41 Å². The van der Waals surface area contributed by atoms with Crippen molar-refractivity contribution in [3.8, 4) is 0 Å². The van der Waals surface area contributed by atoms with Crippen molar-refractivity contribution in [2.75, 3.05) is 23.8 Å².